The van der Waals surface area contributed by atoms with Crippen LogP contribution in [0.5, 0.6) is 0 Å². The van der Waals surface area contributed by atoms with Crippen molar-refractivity contribution in [2.24, 2.45) is 7.05 Å². The molecule has 21 heavy (non-hydrogen) atoms. The summed E-state index contributed by atoms with van der Waals surface area (Å²) in [7, 11) is 1.86. The average molecular weight is 331 g/mol. The number of hydrogen-bond acceptors (Lipinski definition) is 5. The number of aryl methyl sites for hydroxylation is 1. The van der Waals surface area contributed by atoms with Gasteiger partial charge < -0.3 is 9.80 Å². The molecule has 0 aromatic carbocycles. The third kappa shape index (κ3) is 4.39. The summed E-state index contributed by atoms with van der Waals surface area (Å²) in [6.07, 6.45) is 6.93. The van der Waals surface area contributed by atoms with Gasteiger partial charge in [-0.05, 0) is 25.7 Å². The first-order valence-electron chi connectivity index (χ1n) is 7.20. The van der Waals surface area contributed by atoms with Gasteiger partial charge in [-0.3, -0.25) is 0 Å². The standard InChI is InChI=1S/C8H12Cl2N4.C5H8N2/c1-13-8(14-4-2-3-5-14)11-7(12-13)6(9)10;6-5-7-3-1-2-4-7/h6H,2-5H2,1H3;1-4H2. The molecule has 0 N–H and O–H groups in total. The maximum Gasteiger partial charge on any atom is 0.223 e. The number of nitriles is 1. The summed E-state index contributed by atoms with van der Waals surface area (Å²) < 4.78 is 1.73. The van der Waals surface area contributed by atoms with E-state index in [-0.39, 0.29) is 0 Å². The van der Waals surface area contributed by atoms with Crippen molar-refractivity contribution in [1.82, 2.24) is 19.7 Å². The summed E-state index contributed by atoms with van der Waals surface area (Å²) in [5.74, 6) is 1.35. The van der Waals surface area contributed by atoms with Gasteiger partial charge in [0.15, 0.2) is 16.9 Å². The summed E-state index contributed by atoms with van der Waals surface area (Å²) in [5, 5.41) is 12.4. The number of alkyl halides is 2. The van der Waals surface area contributed by atoms with E-state index in [1.165, 1.54) is 25.7 Å². The van der Waals surface area contributed by atoms with Gasteiger partial charge in [0.2, 0.25) is 5.95 Å². The van der Waals surface area contributed by atoms with Crippen LogP contribution in [0.15, 0.2) is 0 Å². The molecule has 6 nitrogen and oxygen atoms in total. The summed E-state index contributed by atoms with van der Waals surface area (Å²) >= 11 is 11.4. The van der Waals surface area contributed by atoms with E-state index in [0.717, 1.165) is 32.1 Å². The van der Waals surface area contributed by atoms with E-state index in [0.29, 0.717) is 5.82 Å². The first-order valence-corrected chi connectivity index (χ1v) is 8.08. The maximum absolute atomic E-state index is 8.24. The molecule has 3 rings (SSSR count). The second-order valence-corrected chi connectivity index (χ2v) is 6.28. The lowest BCUT2D eigenvalue weighted by atomic mass is 10.4. The largest absolute Gasteiger partial charge is 0.341 e. The fraction of sp³-hybridized carbons (Fsp3) is 0.769. The Bertz CT molecular complexity index is 483. The molecule has 1 aromatic heterocycles. The molecule has 3 heterocycles. The molecule has 0 unspecified atom stereocenters. The zero-order chi connectivity index (χ0) is 15.2. The molecule has 2 aliphatic rings. The molecular weight excluding hydrogens is 311 g/mol. The van der Waals surface area contributed by atoms with Crippen molar-refractivity contribution in [3.8, 4) is 6.19 Å². The molecule has 2 fully saturated rings. The van der Waals surface area contributed by atoms with Crippen molar-refractivity contribution in [3.05, 3.63) is 5.82 Å². The Balaban J connectivity index is 0.000000194. The minimum atomic E-state index is -0.641. The van der Waals surface area contributed by atoms with Crippen molar-refractivity contribution in [3.63, 3.8) is 0 Å². The summed E-state index contributed by atoms with van der Waals surface area (Å²) in [6, 6.07) is 0. The number of nitrogens with zero attached hydrogens (tertiary/aromatic N) is 6. The van der Waals surface area contributed by atoms with Crippen LogP contribution in [-0.4, -0.2) is 45.8 Å². The minimum absolute atomic E-state index is 0.484. The molecule has 0 aliphatic carbocycles. The molecule has 0 bridgehead atoms. The van der Waals surface area contributed by atoms with Crippen LogP contribution < -0.4 is 4.90 Å². The number of likely N-dealkylation sites (tertiary alicyclic amines) is 1. The molecule has 2 aliphatic heterocycles. The van der Waals surface area contributed by atoms with Gasteiger partial charge in [0.25, 0.3) is 0 Å². The van der Waals surface area contributed by atoms with Crippen LogP contribution >= 0.6 is 23.2 Å². The van der Waals surface area contributed by atoms with Crippen molar-refractivity contribution < 1.29 is 0 Å². The predicted molar refractivity (Wildman–Crippen MR) is 83.3 cm³/mol. The molecule has 116 valence electrons. The van der Waals surface area contributed by atoms with Gasteiger partial charge >= 0.3 is 0 Å². The Morgan fingerprint density at radius 3 is 2.10 bits per heavy atom. The van der Waals surface area contributed by atoms with Crippen LogP contribution in [0.3, 0.4) is 0 Å². The zero-order valence-electron chi connectivity index (χ0n) is 12.2. The van der Waals surface area contributed by atoms with Gasteiger partial charge in [0.05, 0.1) is 0 Å². The van der Waals surface area contributed by atoms with Crippen LogP contribution in [0.25, 0.3) is 0 Å². The lowest BCUT2D eigenvalue weighted by Gasteiger charge is -2.14. The molecule has 0 saturated carbocycles. The van der Waals surface area contributed by atoms with Crippen LogP contribution in [-0.2, 0) is 7.05 Å². The fourth-order valence-electron chi connectivity index (χ4n) is 2.50. The SMILES string of the molecule is Cn1nc(C(Cl)Cl)nc1N1CCCC1.N#CN1CCCC1. The van der Waals surface area contributed by atoms with Crippen molar-refractivity contribution >= 4 is 29.2 Å². The van der Waals surface area contributed by atoms with Gasteiger partial charge in [-0.2, -0.15) is 15.3 Å². The van der Waals surface area contributed by atoms with Gasteiger partial charge in [0, 0.05) is 33.2 Å². The summed E-state index contributed by atoms with van der Waals surface area (Å²) in [5.41, 5.74) is 0. The minimum Gasteiger partial charge on any atom is -0.341 e. The Morgan fingerprint density at radius 2 is 1.67 bits per heavy atom. The Kier molecular flexibility index (Phi) is 5.95. The van der Waals surface area contributed by atoms with Gasteiger partial charge in [-0.15, -0.1) is 0 Å². The van der Waals surface area contributed by atoms with E-state index < -0.39 is 4.84 Å². The monoisotopic (exact) mass is 330 g/mol. The predicted octanol–water partition coefficient (Wildman–Crippen LogP) is 2.45. The van der Waals surface area contributed by atoms with Crippen molar-refractivity contribution in [1.29, 1.82) is 5.26 Å². The van der Waals surface area contributed by atoms with Crippen molar-refractivity contribution in [2.45, 2.75) is 30.5 Å². The first kappa shape index (κ1) is 16.2. The van der Waals surface area contributed by atoms with E-state index in [9.17, 15) is 0 Å². The lowest BCUT2D eigenvalue weighted by Crippen LogP contribution is -2.21. The highest BCUT2D eigenvalue weighted by atomic mass is 35.5. The highest BCUT2D eigenvalue weighted by Crippen LogP contribution is 2.24. The smallest absolute Gasteiger partial charge is 0.223 e. The van der Waals surface area contributed by atoms with Crippen LogP contribution in [0.2, 0.25) is 0 Å². The van der Waals surface area contributed by atoms with E-state index in [4.69, 9.17) is 28.5 Å². The number of hydrogen-bond donors (Lipinski definition) is 0. The Labute approximate surface area is 135 Å². The molecule has 1 aromatic rings. The third-order valence-corrected chi connectivity index (χ3v) is 3.98. The van der Waals surface area contributed by atoms with Crippen LogP contribution in [0, 0.1) is 11.5 Å². The number of halogens is 2. The molecule has 0 radical (unpaired) electrons. The van der Waals surface area contributed by atoms with E-state index in [2.05, 4.69) is 21.2 Å². The molecule has 0 atom stereocenters. The highest BCUT2D eigenvalue weighted by molar-refractivity contribution is 6.43. The fourth-order valence-corrected chi connectivity index (χ4v) is 2.68. The van der Waals surface area contributed by atoms with Crippen LogP contribution in [0.4, 0.5) is 5.95 Å². The number of anilines is 1. The van der Waals surface area contributed by atoms with Gasteiger partial charge in [-0.25, -0.2) is 4.68 Å². The maximum atomic E-state index is 8.24. The topological polar surface area (TPSA) is 61.0 Å². The van der Waals surface area contributed by atoms with E-state index in [1.807, 2.05) is 7.05 Å². The lowest BCUT2D eigenvalue weighted by molar-refractivity contribution is 0.487. The van der Waals surface area contributed by atoms with E-state index >= 15 is 0 Å². The second-order valence-electron chi connectivity index (χ2n) is 5.18. The third-order valence-electron chi connectivity index (χ3n) is 3.59. The van der Waals surface area contributed by atoms with Gasteiger partial charge in [0.1, 0.15) is 0 Å². The first-order chi connectivity index (χ1) is 10.1. The molecule has 0 amide bonds. The van der Waals surface area contributed by atoms with Crippen molar-refractivity contribution in [2.75, 3.05) is 31.1 Å². The Morgan fingerprint density at radius 1 is 1.10 bits per heavy atom. The average Bonchev–Trinajstić information content (AvgIpc) is 3.20. The molecule has 2 saturated heterocycles. The second kappa shape index (κ2) is 7.71. The van der Waals surface area contributed by atoms with E-state index in [1.54, 1.807) is 9.58 Å². The number of rotatable bonds is 2. The normalized spacial score (nSPS) is 17.9. The zero-order valence-corrected chi connectivity index (χ0v) is 13.7. The summed E-state index contributed by atoms with van der Waals surface area (Å²) in [4.78, 5) is 7.66. The molecule has 0 spiro atoms. The molecular formula is C13H20Cl2N6. The molecule has 8 heteroatoms. The number of aromatic nitrogens is 3. The quantitative estimate of drug-likeness (QED) is 0.615. The highest BCUT2D eigenvalue weighted by Gasteiger charge is 2.20. The summed E-state index contributed by atoms with van der Waals surface area (Å²) in [6.45, 7) is 4.05. The van der Waals surface area contributed by atoms with Gasteiger partial charge in [-0.1, -0.05) is 23.2 Å². The van der Waals surface area contributed by atoms with Crippen LogP contribution in [0.1, 0.15) is 36.3 Å². The Hall–Kier alpha value is -1.19.